The largest absolute Gasteiger partial charge is 0.343 e. The van der Waals surface area contributed by atoms with Crippen LogP contribution in [0.1, 0.15) is 32.8 Å². The molecule has 1 amide bonds. The summed E-state index contributed by atoms with van der Waals surface area (Å²) in [5.41, 5.74) is 1.25. The van der Waals surface area contributed by atoms with Gasteiger partial charge in [-0.3, -0.25) is 4.79 Å². The Labute approximate surface area is 127 Å². The molecule has 0 aromatic heterocycles. The molecule has 20 heavy (non-hydrogen) atoms. The highest BCUT2D eigenvalue weighted by atomic mass is 35.5. The molecule has 1 unspecified atom stereocenters. The zero-order chi connectivity index (χ0) is 15.0. The van der Waals surface area contributed by atoms with E-state index >= 15 is 0 Å². The Kier molecular flexibility index (Phi) is 7.63. The molecule has 1 atom stereocenters. The Morgan fingerprint density at radius 1 is 1.25 bits per heavy atom. The van der Waals surface area contributed by atoms with Crippen LogP contribution in [0.2, 0.25) is 5.02 Å². The molecule has 1 rings (SSSR count). The van der Waals surface area contributed by atoms with Crippen molar-refractivity contribution >= 4 is 17.5 Å². The highest BCUT2D eigenvalue weighted by molar-refractivity contribution is 6.30. The minimum atomic E-state index is 0.223. The van der Waals surface area contributed by atoms with E-state index in [1.165, 1.54) is 5.56 Å². The summed E-state index contributed by atoms with van der Waals surface area (Å²) in [7, 11) is 0. The van der Waals surface area contributed by atoms with Gasteiger partial charge in [-0.05, 0) is 44.9 Å². The second kappa shape index (κ2) is 8.98. The fourth-order valence-corrected chi connectivity index (χ4v) is 2.33. The van der Waals surface area contributed by atoms with Crippen LogP contribution in [0.5, 0.6) is 0 Å². The van der Waals surface area contributed by atoms with E-state index in [-0.39, 0.29) is 5.91 Å². The number of nitrogens with zero attached hydrogens (tertiary/aromatic N) is 1. The molecule has 3 nitrogen and oxygen atoms in total. The average Bonchev–Trinajstić information content (AvgIpc) is 2.43. The van der Waals surface area contributed by atoms with E-state index in [0.717, 1.165) is 31.1 Å². The Balaban J connectivity index is 2.28. The number of benzene rings is 1. The fraction of sp³-hybridized carbons (Fsp3) is 0.562. The van der Waals surface area contributed by atoms with Gasteiger partial charge >= 0.3 is 0 Å². The van der Waals surface area contributed by atoms with Gasteiger partial charge in [0, 0.05) is 37.1 Å². The lowest BCUT2D eigenvalue weighted by molar-refractivity contribution is -0.130. The number of halogens is 1. The van der Waals surface area contributed by atoms with Crippen LogP contribution in [-0.4, -0.2) is 36.5 Å². The van der Waals surface area contributed by atoms with Crippen molar-refractivity contribution in [2.45, 2.75) is 39.7 Å². The number of amides is 1. The normalized spacial score (nSPS) is 12.2. The summed E-state index contributed by atoms with van der Waals surface area (Å²) in [5.74, 6) is 0.223. The van der Waals surface area contributed by atoms with Gasteiger partial charge in [0.25, 0.3) is 0 Å². The van der Waals surface area contributed by atoms with Crippen LogP contribution in [-0.2, 0) is 11.2 Å². The highest BCUT2D eigenvalue weighted by Gasteiger charge is 2.09. The monoisotopic (exact) mass is 296 g/mol. The maximum Gasteiger partial charge on any atom is 0.223 e. The molecule has 1 aromatic carbocycles. The number of rotatable bonds is 8. The van der Waals surface area contributed by atoms with E-state index in [1.807, 2.05) is 43.0 Å². The first-order valence-electron chi connectivity index (χ1n) is 7.32. The number of nitrogens with one attached hydrogen (secondary N) is 1. The van der Waals surface area contributed by atoms with Crippen molar-refractivity contribution in [3.05, 3.63) is 34.9 Å². The first kappa shape index (κ1) is 17.0. The molecule has 0 saturated carbocycles. The van der Waals surface area contributed by atoms with Gasteiger partial charge in [0.15, 0.2) is 0 Å². The third-order valence-corrected chi connectivity index (χ3v) is 3.65. The van der Waals surface area contributed by atoms with Crippen LogP contribution >= 0.6 is 11.6 Å². The van der Waals surface area contributed by atoms with Gasteiger partial charge < -0.3 is 10.2 Å². The first-order chi connectivity index (χ1) is 9.56. The molecule has 0 fully saturated rings. The summed E-state index contributed by atoms with van der Waals surface area (Å²) in [5, 5.41) is 4.16. The van der Waals surface area contributed by atoms with Crippen molar-refractivity contribution in [1.29, 1.82) is 0 Å². The van der Waals surface area contributed by atoms with Crippen molar-refractivity contribution in [2.24, 2.45) is 0 Å². The lowest BCUT2D eigenvalue weighted by Gasteiger charge is -2.19. The molecule has 1 N–H and O–H groups in total. The van der Waals surface area contributed by atoms with Crippen molar-refractivity contribution in [2.75, 3.05) is 19.6 Å². The molecule has 0 bridgehead atoms. The van der Waals surface area contributed by atoms with Crippen molar-refractivity contribution in [3.8, 4) is 0 Å². The standard InChI is InChI=1S/C16H25ClN2O/c1-4-19(5-2)16(20)10-11-18-13(3)12-14-6-8-15(17)9-7-14/h6-9,13,18H,4-5,10-12H2,1-3H3. The predicted octanol–water partition coefficient (Wildman–Crippen LogP) is 3.12. The maximum absolute atomic E-state index is 11.9. The average molecular weight is 297 g/mol. The van der Waals surface area contributed by atoms with E-state index in [9.17, 15) is 4.79 Å². The molecular formula is C16H25ClN2O. The van der Waals surface area contributed by atoms with Gasteiger partial charge in [0.05, 0.1) is 0 Å². The number of hydrogen-bond donors (Lipinski definition) is 1. The van der Waals surface area contributed by atoms with Crippen LogP contribution in [0, 0.1) is 0 Å². The number of carbonyl (C=O) groups excluding carboxylic acids is 1. The molecule has 4 heteroatoms. The predicted molar refractivity (Wildman–Crippen MR) is 85.2 cm³/mol. The molecule has 0 radical (unpaired) electrons. The van der Waals surface area contributed by atoms with Gasteiger partial charge in [-0.1, -0.05) is 23.7 Å². The SMILES string of the molecule is CCN(CC)C(=O)CCNC(C)Cc1ccc(Cl)cc1. The number of hydrogen-bond acceptors (Lipinski definition) is 2. The lowest BCUT2D eigenvalue weighted by atomic mass is 10.1. The lowest BCUT2D eigenvalue weighted by Crippen LogP contribution is -2.35. The Hall–Kier alpha value is -1.06. The summed E-state index contributed by atoms with van der Waals surface area (Å²) in [4.78, 5) is 13.7. The molecule has 0 aliphatic carbocycles. The van der Waals surface area contributed by atoms with Crippen molar-refractivity contribution in [1.82, 2.24) is 10.2 Å². The van der Waals surface area contributed by atoms with Crippen LogP contribution in [0.4, 0.5) is 0 Å². The van der Waals surface area contributed by atoms with Crippen LogP contribution in [0.3, 0.4) is 0 Å². The smallest absolute Gasteiger partial charge is 0.223 e. The molecule has 0 aliphatic heterocycles. The maximum atomic E-state index is 11.9. The Morgan fingerprint density at radius 3 is 2.40 bits per heavy atom. The zero-order valence-corrected chi connectivity index (χ0v) is 13.4. The minimum absolute atomic E-state index is 0.223. The third-order valence-electron chi connectivity index (χ3n) is 3.40. The topological polar surface area (TPSA) is 32.3 Å². The summed E-state index contributed by atoms with van der Waals surface area (Å²) < 4.78 is 0. The van der Waals surface area contributed by atoms with E-state index in [1.54, 1.807) is 0 Å². The van der Waals surface area contributed by atoms with Crippen molar-refractivity contribution < 1.29 is 4.79 Å². The third kappa shape index (κ3) is 5.93. The second-order valence-corrected chi connectivity index (χ2v) is 5.44. The van der Waals surface area contributed by atoms with Gasteiger partial charge in [-0.15, -0.1) is 0 Å². The van der Waals surface area contributed by atoms with Crippen molar-refractivity contribution in [3.63, 3.8) is 0 Å². The summed E-state index contributed by atoms with van der Waals surface area (Å²) in [6, 6.07) is 8.25. The van der Waals surface area contributed by atoms with E-state index in [0.29, 0.717) is 12.5 Å². The van der Waals surface area contributed by atoms with Gasteiger partial charge in [-0.2, -0.15) is 0 Å². The van der Waals surface area contributed by atoms with E-state index < -0.39 is 0 Å². The highest BCUT2D eigenvalue weighted by Crippen LogP contribution is 2.11. The number of carbonyl (C=O) groups is 1. The molecule has 0 aliphatic rings. The van der Waals surface area contributed by atoms with E-state index in [2.05, 4.69) is 12.2 Å². The van der Waals surface area contributed by atoms with Gasteiger partial charge in [0.1, 0.15) is 0 Å². The van der Waals surface area contributed by atoms with Gasteiger partial charge in [0.2, 0.25) is 5.91 Å². The Bertz CT molecular complexity index is 401. The van der Waals surface area contributed by atoms with Crippen LogP contribution in [0.15, 0.2) is 24.3 Å². The summed E-state index contributed by atoms with van der Waals surface area (Å²) in [6.07, 6.45) is 1.50. The summed E-state index contributed by atoms with van der Waals surface area (Å²) in [6.45, 7) is 8.46. The second-order valence-electron chi connectivity index (χ2n) is 5.00. The molecule has 0 saturated heterocycles. The van der Waals surface area contributed by atoms with E-state index in [4.69, 9.17) is 11.6 Å². The Morgan fingerprint density at radius 2 is 1.85 bits per heavy atom. The van der Waals surface area contributed by atoms with Gasteiger partial charge in [-0.25, -0.2) is 0 Å². The quantitative estimate of drug-likeness (QED) is 0.799. The molecule has 0 spiro atoms. The molecular weight excluding hydrogens is 272 g/mol. The van der Waals surface area contributed by atoms with Crippen LogP contribution < -0.4 is 5.32 Å². The zero-order valence-electron chi connectivity index (χ0n) is 12.7. The minimum Gasteiger partial charge on any atom is -0.343 e. The molecule has 1 aromatic rings. The first-order valence-corrected chi connectivity index (χ1v) is 7.70. The molecule has 0 heterocycles. The summed E-state index contributed by atoms with van der Waals surface area (Å²) >= 11 is 5.87. The fourth-order valence-electron chi connectivity index (χ4n) is 2.21. The van der Waals surface area contributed by atoms with Crippen LogP contribution in [0.25, 0.3) is 0 Å². The molecule has 112 valence electrons.